The summed E-state index contributed by atoms with van der Waals surface area (Å²) in [5.41, 5.74) is 0. The summed E-state index contributed by atoms with van der Waals surface area (Å²) >= 11 is 0. The van der Waals surface area contributed by atoms with Gasteiger partial charge in [-0.25, -0.2) is 0 Å². The van der Waals surface area contributed by atoms with Crippen LogP contribution < -0.4 is 5.32 Å². The molecule has 0 amide bonds. The number of hydrogen-bond donors (Lipinski definition) is 1. The molecule has 0 bridgehead atoms. The normalized spacial score (nSPS) is 27.8. The van der Waals surface area contributed by atoms with Gasteiger partial charge in [0.15, 0.2) is 0 Å². The van der Waals surface area contributed by atoms with Crippen LogP contribution in [0.4, 0.5) is 13.2 Å². The van der Waals surface area contributed by atoms with Crippen molar-refractivity contribution in [1.82, 2.24) is 5.32 Å². The summed E-state index contributed by atoms with van der Waals surface area (Å²) in [6.07, 6.45) is 0.169. The molecule has 0 saturated heterocycles. The summed E-state index contributed by atoms with van der Waals surface area (Å²) < 4.78 is 41.3. The Hall–Kier alpha value is -0.290. The van der Waals surface area contributed by atoms with Crippen LogP contribution in [0, 0.1) is 0 Å². The van der Waals surface area contributed by atoms with E-state index in [9.17, 15) is 13.2 Å². The summed E-state index contributed by atoms with van der Waals surface area (Å²) in [5, 5.41) is 3.14. The summed E-state index contributed by atoms with van der Waals surface area (Å²) in [4.78, 5) is 0. The van der Waals surface area contributed by atoms with E-state index in [4.69, 9.17) is 4.74 Å². The van der Waals surface area contributed by atoms with Crippen LogP contribution in [0.1, 0.15) is 38.5 Å². The van der Waals surface area contributed by atoms with E-state index in [1.165, 1.54) is 0 Å². The molecule has 5 heteroatoms. The van der Waals surface area contributed by atoms with Crippen molar-refractivity contribution in [3.63, 3.8) is 0 Å². The van der Waals surface area contributed by atoms with Gasteiger partial charge in [0, 0.05) is 6.04 Å². The van der Waals surface area contributed by atoms with Gasteiger partial charge in [0.2, 0.25) is 0 Å². The average Bonchev–Trinajstić information content (AvgIpc) is 2.41. The Bertz CT molecular complexity index is 196. The molecular weight excluding hydrogens is 219 g/mol. The zero-order valence-corrected chi connectivity index (χ0v) is 9.65. The minimum atomic E-state index is -4.11. The van der Waals surface area contributed by atoms with Gasteiger partial charge >= 0.3 is 6.18 Å². The van der Waals surface area contributed by atoms with Crippen molar-refractivity contribution in [3.8, 4) is 0 Å². The van der Waals surface area contributed by atoms with Crippen molar-refractivity contribution >= 4 is 0 Å². The van der Waals surface area contributed by atoms with E-state index in [1.807, 2.05) is 7.05 Å². The lowest BCUT2D eigenvalue weighted by Crippen LogP contribution is -2.39. The van der Waals surface area contributed by atoms with E-state index in [0.29, 0.717) is 0 Å². The average molecular weight is 239 g/mol. The van der Waals surface area contributed by atoms with Crippen molar-refractivity contribution in [2.75, 3.05) is 13.7 Å². The molecule has 2 nitrogen and oxygen atoms in total. The Morgan fingerprint density at radius 1 is 1.19 bits per heavy atom. The van der Waals surface area contributed by atoms with E-state index < -0.39 is 12.6 Å². The summed E-state index contributed by atoms with van der Waals surface area (Å²) in [7, 11) is 1.84. The molecule has 1 aliphatic carbocycles. The van der Waals surface area contributed by atoms with E-state index in [1.54, 1.807) is 0 Å². The molecule has 1 aliphatic rings. The minimum Gasteiger partial charge on any atom is -0.376 e. The van der Waals surface area contributed by atoms with Crippen LogP contribution in [0.25, 0.3) is 0 Å². The first-order valence-electron chi connectivity index (χ1n) is 5.88. The van der Waals surface area contributed by atoms with Crippen LogP contribution in [0.3, 0.4) is 0 Å². The van der Waals surface area contributed by atoms with Crippen LogP contribution in [-0.4, -0.2) is 32.0 Å². The monoisotopic (exact) mass is 239 g/mol. The van der Waals surface area contributed by atoms with E-state index in [0.717, 1.165) is 32.1 Å². The number of rotatable bonds is 4. The minimum absolute atomic E-state index is 0.0603. The largest absolute Gasteiger partial charge is 0.391 e. The molecule has 0 radical (unpaired) electrons. The number of nitrogens with one attached hydrogen (secondary N) is 1. The molecule has 0 heterocycles. The highest BCUT2D eigenvalue weighted by Gasteiger charge is 2.29. The molecular formula is C11H20F3NO. The fourth-order valence-electron chi connectivity index (χ4n) is 2.13. The van der Waals surface area contributed by atoms with Crippen LogP contribution in [-0.2, 0) is 4.74 Å². The Kier molecular flexibility index (Phi) is 5.55. The van der Waals surface area contributed by atoms with Crippen molar-refractivity contribution < 1.29 is 17.9 Å². The van der Waals surface area contributed by atoms with Crippen molar-refractivity contribution in [1.29, 1.82) is 0 Å². The summed E-state index contributed by atoms with van der Waals surface area (Å²) in [6, 6.07) is 0.204. The lowest BCUT2D eigenvalue weighted by Gasteiger charge is -2.25. The number of alkyl halides is 3. The lowest BCUT2D eigenvalue weighted by atomic mass is 10.1. The van der Waals surface area contributed by atoms with Crippen LogP contribution in [0.15, 0.2) is 0 Å². The topological polar surface area (TPSA) is 21.3 Å². The Balaban J connectivity index is 2.31. The maximum atomic E-state index is 12.0. The molecule has 0 aliphatic heterocycles. The highest BCUT2D eigenvalue weighted by molar-refractivity contribution is 4.79. The van der Waals surface area contributed by atoms with E-state index in [-0.39, 0.29) is 18.8 Å². The second-order valence-corrected chi connectivity index (χ2v) is 4.31. The van der Waals surface area contributed by atoms with E-state index >= 15 is 0 Å². The molecule has 16 heavy (non-hydrogen) atoms. The molecule has 2 unspecified atom stereocenters. The number of halogens is 3. The maximum absolute atomic E-state index is 12.0. The van der Waals surface area contributed by atoms with E-state index in [2.05, 4.69) is 5.32 Å². The Morgan fingerprint density at radius 2 is 1.88 bits per heavy atom. The quantitative estimate of drug-likeness (QED) is 0.762. The smallest absolute Gasteiger partial charge is 0.376 e. The van der Waals surface area contributed by atoms with Crippen LogP contribution in [0.5, 0.6) is 0 Å². The summed E-state index contributed by atoms with van der Waals surface area (Å²) in [6.45, 7) is -0.216. The van der Waals surface area contributed by atoms with Gasteiger partial charge in [0.05, 0.1) is 19.1 Å². The number of likely N-dealkylation sites (N-methyl/N-ethyl adjacent to an activating group) is 1. The Morgan fingerprint density at radius 3 is 2.50 bits per heavy atom. The predicted molar refractivity (Wildman–Crippen MR) is 56.3 cm³/mol. The van der Waals surface area contributed by atoms with Gasteiger partial charge in [0.25, 0.3) is 0 Å². The highest BCUT2D eigenvalue weighted by Crippen LogP contribution is 2.23. The van der Waals surface area contributed by atoms with Crippen LogP contribution in [0.2, 0.25) is 0 Å². The van der Waals surface area contributed by atoms with Gasteiger partial charge in [-0.1, -0.05) is 19.3 Å². The van der Waals surface area contributed by atoms with Crippen molar-refractivity contribution in [2.45, 2.75) is 56.8 Å². The van der Waals surface area contributed by atoms with Gasteiger partial charge in [-0.2, -0.15) is 13.2 Å². The highest BCUT2D eigenvalue weighted by atomic mass is 19.4. The maximum Gasteiger partial charge on any atom is 0.391 e. The first-order chi connectivity index (χ1) is 7.53. The lowest BCUT2D eigenvalue weighted by molar-refractivity contribution is -0.150. The fourth-order valence-corrected chi connectivity index (χ4v) is 2.13. The van der Waals surface area contributed by atoms with Gasteiger partial charge < -0.3 is 10.1 Å². The molecule has 1 rings (SSSR count). The van der Waals surface area contributed by atoms with Crippen LogP contribution >= 0.6 is 0 Å². The molecule has 0 spiro atoms. The first kappa shape index (κ1) is 13.8. The van der Waals surface area contributed by atoms with Gasteiger partial charge in [-0.15, -0.1) is 0 Å². The van der Waals surface area contributed by atoms with Gasteiger partial charge in [-0.3, -0.25) is 0 Å². The SMILES string of the molecule is CNC1CCCCCC1OCCC(F)(F)F. The standard InChI is InChI=1S/C11H20F3NO/c1-15-9-5-3-2-4-6-10(9)16-8-7-11(12,13)14/h9-10,15H,2-8H2,1H3. The molecule has 0 aromatic carbocycles. The molecule has 1 saturated carbocycles. The third kappa shape index (κ3) is 5.16. The second kappa shape index (κ2) is 6.45. The molecule has 1 N–H and O–H groups in total. The second-order valence-electron chi connectivity index (χ2n) is 4.31. The third-order valence-electron chi connectivity index (χ3n) is 3.04. The molecule has 0 aromatic rings. The van der Waals surface area contributed by atoms with Crippen molar-refractivity contribution in [2.24, 2.45) is 0 Å². The molecule has 1 fully saturated rings. The third-order valence-corrected chi connectivity index (χ3v) is 3.04. The molecule has 0 aromatic heterocycles. The number of hydrogen-bond acceptors (Lipinski definition) is 2. The van der Waals surface area contributed by atoms with Gasteiger partial charge in [0.1, 0.15) is 0 Å². The first-order valence-corrected chi connectivity index (χ1v) is 5.88. The number of ether oxygens (including phenoxy) is 1. The zero-order valence-electron chi connectivity index (χ0n) is 9.65. The van der Waals surface area contributed by atoms with Gasteiger partial charge in [-0.05, 0) is 19.9 Å². The fraction of sp³-hybridized carbons (Fsp3) is 1.00. The Labute approximate surface area is 94.5 Å². The summed E-state index contributed by atoms with van der Waals surface area (Å²) in [5.74, 6) is 0. The zero-order chi connectivity index (χ0) is 12.0. The molecule has 2 atom stereocenters. The van der Waals surface area contributed by atoms with Crippen molar-refractivity contribution in [3.05, 3.63) is 0 Å². The molecule has 96 valence electrons. The predicted octanol–water partition coefficient (Wildman–Crippen LogP) is 2.88.